The van der Waals surface area contributed by atoms with Crippen LogP contribution in [0.25, 0.3) is 0 Å². The number of hydrogen-bond donors (Lipinski definition) is 2. The molecule has 2 aromatic heterocycles. The van der Waals surface area contributed by atoms with Gasteiger partial charge in [-0.25, -0.2) is 9.97 Å². The average molecular weight is 334 g/mol. The molecule has 0 fully saturated rings. The Kier molecular flexibility index (Phi) is 5.23. The zero-order valence-corrected chi connectivity index (χ0v) is 12.6. The van der Waals surface area contributed by atoms with Crippen molar-refractivity contribution in [3.05, 3.63) is 45.2 Å². The van der Waals surface area contributed by atoms with Crippen LogP contribution in [0.3, 0.4) is 0 Å². The van der Waals surface area contributed by atoms with E-state index >= 15 is 0 Å². The Hall–Kier alpha value is -1.30. The van der Waals surface area contributed by atoms with Gasteiger partial charge in [-0.1, -0.05) is 34.8 Å². The van der Waals surface area contributed by atoms with E-state index in [1.54, 1.807) is 12.4 Å². The van der Waals surface area contributed by atoms with Crippen molar-refractivity contribution in [3.63, 3.8) is 0 Å². The van der Waals surface area contributed by atoms with E-state index in [1.165, 1.54) is 6.20 Å². The Labute approximate surface area is 130 Å². The smallest absolute Gasteiger partial charge is 0.271 e. The van der Waals surface area contributed by atoms with Crippen LogP contribution in [0.15, 0.2) is 18.6 Å². The highest BCUT2D eigenvalue weighted by atomic mass is 35.5. The van der Waals surface area contributed by atoms with E-state index < -0.39 is 0 Å². The Morgan fingerprint density at radius 3 is 2.75 bits per heavy atom. The third kappa shape index (κ3) is 3.62. The highest BCUT2D eigenvalue weighted by molar-refractivity contribution is 6.48. The van der Waals surface area contributed by atoms with E-state index in [2.05, 4.69) is 20.3 Å². The lowest BCUT2D eigenvalue weighted by Crippen LogP contribution is -2.26. The first-order chi connectivity index (χ1) is 9.59. The van der Waals surface area contributed by atoms with Crippen molar-refractivity contribution in [3.8, 4) is 0 Å². The third-order valence-electron chi connectivity index (χ3n) is 2.56. The maximum atomic E-state index is 11.9. The number of carbonyl (C=O) groups is 1. The van der Waals surface area contributed by atoms with Gasteiger partial charge in [0.2, 0.25) is 0 Å². The number of nitrogens with zero attached hydrogens (tertiary/aromatic N) is 2. The largest absolute Gasteiger partial charge is 0.351 e. The minimum atomic E-state index is -0.381. The van der Waals surface area contributed by atoms with Crippen molar-refractivity contribution >= 4 is 40.7 Å². The number of rotatable bonds is 5. The van der Waals surface area contributed by atoms with Gasteiger partial charge < -0.3 is 10.3 Å². The van der Waals surface area contributed by atoms with Crippen LogP contribution < -0.4 is 5.32 Å². The quantitative estimate of drug-likeness (QED) is 0.826. The first-order valence-corrected chi connectivity index (χ1v) is 6.99. The second-order valence-electron chi connectivity index (χ2n) is 3.98. The molecule has 20 heavy (non-hydrogen) atoms. The Morgan fingerprint density at radius 1 is 1.25 bits per heavy atom. The van der Waals surface area contributed by atoms with Crippen LogP contribution in [0.2, 0.25) is 15.1 Å². The van der Waals surface area contributed by atoms with Crippen molar-refractivity contribution in [2.45, 2.75) is 12.8 Å². The number of H-pyrrole nitrogens is 1. The van der Waals surface area contributed by atoms with Gasteiger partial charge in [0.1, 0.15) is 11.5 Å². The van der Waals surface area contributed by atoms with Crippen molar-refractivity contribution in [1.82, 2.24) is 20.3 Å². The molecule has 0 aliphatic carbocycles. The molecule has 0 saturated carbocycles. The van der Waals surface area contributed by atoms with Crippen LogP contribution in [0.1, 0.15) is 22.7 Å². The zero-order chi connectivity index (χ0) is 14.5. The van der Waals surface area contributed by atoms with Gasteiger partial charge in [-0.15, -0.1) is 0 Å². The Bertz CT molecular complexity index is 601. The summed E-state index contributed by atoms with van der Waals surface area (Å²) in [4.78, 5) is 22.9. The predicted molar refractivity (Wildman–Crippen MR) is 78.5 cm³/mol. The monoisotopic (exact) mass is 332 g/mol. The number of pyridine rings is 1. The van der Waals surface area contributed by atoms with E-state index in [4.69, 9.17) is 34.8 Å². The molecular weight excluding hydrogens is 323 g/mol. The normalized spacial score (nSPS) is 10.6. The van der Waals surface area contributed by atoms with Gasteiger partial charge in [0.15, 0.2) is 0 Å². The standard InChI is InChI=1S/C12H11Cl3N4O/c13-7-6-19-11(10(15)9(7)14)12(20)18-3-1-2-8-16-4-5-17-8/h4-6H,1-3H2,(H,16,17)(H,18,20). The molecule has 2 aromatic rings. The van der Waals surface area contributed by atoms with Crippen LogP contribution in [0.4, 0.5) is 0 Å². The summed E-state index contributed by atoms with van der Waals surface area (Å²) in [5.74, 6) is 0.498. The third-order valence-corrected chi connectivity index (χ3v) is 3.80. The molecule has 8 heteroatoms. The zero-order valence-electron chi connectivity index (χ0n) is 10.3. The number of aryl methyl sites for hydroxylation is 1. The van der Waals surface area contributed by atoms with Crippen LogP contribution in [0.5, 0.6) is 0 Å². The lowest BCUT2D eigenvalue weighted by molar-refractivity contribution is 0.0948. The van der Waals surface area contributed by atoms with E-state index in [9.17, 15) is 4.79 Å². The summed E-state index contributed by atoms with van der Waals surface area (Å²) in [6.07, 6.45) is 6.24. The molecule has 2 rings (SSSR count). The number of aromatic amines is 1. The van der Waals surface area contributed by atoms with Crippen molar-refractivity contribution < 1.29 is 4.79 Å². The molecule has 0 unspecified atom stereocenters. The molecule has 1 amide bonds. The summed E-state index contributed by atoms with van der Waals surface area (Å²) >= 11 is 17.5. The van der Waals surface area contributed by atoms with Gasteiger partial charge in [0.05, 0.1) is 15.1 Å². The minimum Gasteiger partial charge on any atom is -0.351 e. The summed E-state index contributed by atoms with van der Waals surface area (Å²) in [5.41, 5.74) is 0.0686. The van der Waals surface area contributed by atoms with Crippen molar-refractivity contribution in [2.75, 3.05) is 6.54 Å². The molecule has 5 nitrogen and oxygen atoms in total. The number of carbonyl (C=O) groups excluding carboxylic acids is 1. The molecule has 2 heterocycles. The molecule has 0 bridgehead atoms. The second kappa shape index (κ2) is 6.92. The van der Waals surface area contributed by atoms with Gasteiger partial charge in [-0.3, -0.25) is 4.79 Å². The molecule has 106 valence electrons. The average Bonchev–Trinajstić information content (AvgIpc) is 2.94. The number of aromatic nitrogens is 3. The van der Waals surface area contributed by atoms with Crippen molar-refractivity contribution in [2.24, 2.45) is 0 Å². The molecule has 0 spiro atoms. The Balaban J connectivity index is 1.87. The fourth-order valence-corrected chi connectivity index (χ4v) is 2.14. The maximum Gasteiger partial charge on any atom is 0.271 e. The van der Waals surface area contributed by atoms with Crippen LogP contribution >= 0.6 is 34.8 Å². The van der Waals surface area contributed by atoms with E-state index in [1.807, 2.05) is 0 Å². The lowest BCUT2D eigenvalue weighted by atomic mass is 10.3. The van der Waals surface area contributed by atoms with Crippen molar-refractivity contribution in [1.29, 1.82) is 0 Å². The molecule has 0 saturated heterocycles. The molecule has 0 aromatic carbocycles. The highest BCUT2D eigenvalue weighted by Gasteiger charge is 2.16. The summed E-state index contributed by atoms with van der Waals surface area (Å²) in [5, 5.41) is 3.12. The first kappa shape index (κ1) is 15.1. The van der Waals surface area contributed by atoms with Crippen LogP contribution in [-0.4, -0.2) is 27.4 Å². The van der Waals surface area contributed by atoms with Gasteiger partial charge in [-0.2, -0.15) is 0 Å². The molecule has 0 atom stereocenters. The van der Waals surface area contributed by atoms with Crippen LogP contribution in [0, 0.1) is 0 Å². The van der Waals surface area contributed by atoms with Gasteiger partial charge in [-0.05, 0) is 6.42 Å². The number of amides is 1. The predicted octanol–water partition coefficient (Wildman–Crippen LogP) is 3.13. The minimum absolute atomic E-state index is 0.0581. The second-order valence-corrected chi connectivity index (χ2v) is 5.14. The molecule has 0 aliphatic heterocycles. The number of hydrogen-bond acceptors (Lipinski definition) is 3. The summed E-state index contributed by atoms with van der Waals surface area (Å²) < 4.78 is 0. The Morgan fingerprint density at radius 2 is 2.05 bits per heavy atom. The molecule has 0 radical (unpaired) electrons. The first-order valence-electron chi connectivity index (χ1n) is 5.85. The van der Waals surface area contributed by atoms with Gasteiger partial charge in [0, 0.05) is 31.6 Å². The number of imidazole rings is 1. The van der Waals surface area contributed by atoms with Crippen LogP contribution in [-0.2, 0) is 6.42 Å². The van der Waals surface area contributed by atoms with E-state index in [-0.39, 0.29) is 26.7 Å². The summed E-state index contributed by atoms with van der Waals surface area (Å²) in [6, 6.07) is 0. The van der Waals surface area contributed by atoms with Gasteiger partial charge >= 0.3 is 0 Å². The molecule has 0 aliphatic rings. The number of nitrogens with one attached hydrogen (secondary N) is 2. The highest BCUT2D eigenvalue weighted by Crippen LogP contribution is 2.30. The molecule has 2 N–H and O–H groups in total. The van der Waals surface area contributed by atoms with E-state index in [0.717, 1.165) is 18.7 Å². The molecular formula is C12H11Cl3N4O. The maximum absolute atomic E-state index is 11.9. The van der Waals surface area contributed by atoms with Gasteiger partial charge in [0.25, 0.3) is 5.91 Å². The fraction of sp³-hybridized carbons (Fsp3) is 0.250. The summed E-state index contributed by atoms with van der Waals surface area (Å²) in [6.45, 7) is 0.484. The van der Waals surface area contributed by atoms with E-state index in [0.29, 0.717) is 6.54 Å². The fourth-order valence-electron chi connectivity index (χ4n) is 1.58. The SMILES string of the molecule is O=C(NCCCc1ncc[nH]1)c1ncc(Cl)c(Cl)c1Cl. The topological polar surface area (TPSA) is 70.7 Å². The number of halogens is 3. The lowest BCUT2D eigenvalue weighted by Gasteiger charge is -2.07. The summed E-state index contributed by atoms with van der Waals surface area (Å²) in [7, 11) is 0.